The Morgan fingerprint density at radius 1 is 0.822 bits per heavy atom. The minimum absolute atomic E-state index is 0.0388. The first-order valence-corrected chi connectivity index (χ1v) is 17.0. The van der Waals surface area contributed by atoms with Gasteiger partial charge in [0.05, 0.1) is 10.6 Å². The first-order chi connectivity index (χ1) is 21.6. The highest BCUT2D eigenvalue weighted by Crippen LogP contribution is 2.28. The van der Waals surface area contributed by atoms with Crippen molar-refractivity contribution in [3.8, 4) is 0 Å². The molecule has 2 amide bonds. The van der Waals surface area contributed by atoms with Crippen molar-refractivity contribution in [2.45, 2.75) is 50.6 Å². The molecule has 10 heteroatoms. The van der Waals surface area contributed by atoms with Crippen LogP contribution in [0, 0.1) is 6.92 Å². The number of nitrogens with one attached hydrogen (secondary N) is 1. The number of carbonyl (C=O) groups is 2. The van der Waals surface area contributed by atoms with E-state index in [0.29, 0.717) is 16.6 Å². The van der Waals surface area contributed by atoms with Crippen molar-refractivity contribution >= 4 is 50.7 Å². The van der Waals surface area contributed by atoms with Crippen LogP contribution in [0.5, 0.6) is 0 Å². The molecule has 0 aliphatic rings. The molecular weight excluding hydrogens is 629 g/mol. The summed E-state index contributed by atoms with van der Waals surface area (Å²) in [7, 11) is -4.25. The van der Waals surface area contributed by atoms with Crippen LogP contribution >= 0.6 is 23.2 Å². The molecule has 236 valence electrons. The van der Waals surface area contributed by atoms with Gasteiger partial charge in [0.25, 0.3) is 10.0 Å². The number of carbonyl (C=O) groups excluding carboxylic acids is 2. The molecule has 0 saturated heterocycles. The number of aryl methyl sites for hydroxylation is 1. The minimum Gasteiger partial charge on any atom is -0.354 e. The lowest BCUT2D eigenvalue weighted by Crippen LogP contribution is -2.53. The van der Waals surface area contributed by atoms with Gasteiger partial charge in [-0.3, -0.25) is 13.9 Å². The lowest BCUT2D eigenvalue weighted by atomic mass is 10.0. The Kier molecular flexibility index (Phi) is 12.0. The summed E-state index contributed by atoms with van der Waals surface area (Å²) in [6.07, 6.45) is 1.93. The van der Waals surface area contributed by atoms with Gasteiger partial charge in [-0.05, 0) is 66.9 Å². The molecule has 4 aromatic rings. The van der Waals surface area contributed by atoms with Gasteiger partial charge in [-0.15, -0.1) is 0 Å². The van der Waals surface area contributed by atoms with Crippen molar-refractivity contribution < 1.29 is 18.0 Å². The van der Waals surface area contributed by atoms with Crippen LogP contribution < -0.4 is 9.62 Å². The molecule has 1 N–H and O–H groups in total. The molecule has 4 aromatic carbocycles. The third-order valence-electron chi connectivity index (χ3n) is 7.31. The summed E-state index contributed by atoms with van der Waals surface area (Å²) in [6.45, 7) is 3.99. The molecular formula is C35H37Cl2N3O4S. The third kappa shape index (κ3) is 9.33. The number of sulfonamides is 1. The molecule has 0 aromatic heterocycles. The highest BCUT2D eigenvalue weighted by atomic mass is 35.5. The van der Waals surface area contributed by atoms with Gasteiger partial charge >= 0.3 is 0 Å². The van der Waals surface area contributed by atoms with Crippen LogP contribution in [0.4, 0.5) is 5.69 Å². The van der Waals surface area contributed by atoms with E-state index in [2.05, 4.69) is 5.32 Å². The molecule has 1 unspecified atom stereocenters. The highest BCUT2D eigenvalue weighted by Gasteiger charge is 2.34. The summed E-state index contributed by atoms with van der Waals surface area (Å²) in [5, 5.41) is 3.68. The Morgan fingerprint density at radius 3 is 2.18 bits per heavy atom. The van der Waals surface area contributed by atoms with Gasteiger partial charge in [0.1, 0.15) is 12.6 Å². The fourth-order valence-corrected chi connectivity index (χ4v) is 6.68. The molecule has 45 heavy (non-hydrogen) atoms. The van der Waals surface area contributed by atoms with Gasteiger partial charge in [0.2, 0.25) is 11.8 Å². The maximum absolute atomic E-state index is 14.5. The Hall–Kier alpha value is -3.85. The maximum atomic E-state index is 14.5. The van der Waals surface area contributed by atoms with E-state index in [4.69, 9.17) is 23.2 Å². The van der Waals surface area contributed by atoms with Crippen molar-refractivity contribution in [2.75, 3.05) is 17.4 Å². The van der Waals surface area contributed by atoms with E-state index >= 15 is 0 Å². The number of halogens is 2. The number of anilines is 1. The number of unbranched alkanes of at least 4 members (excludes halogenated alkanes) is 1. The topological polar surface area (TPSA) is 86.8 Å². The molecule has 0 saturated carbocycles. The van der Waals surface area contributed by atoms with E-state index in [-0.39, 0.29) is 29.5 Å². The molecule has 0 radical (unpaired) electrons. The molecule has 0 spiro atoms. The van der Waals surface area contributed by atoms with Gasteiger partial charge in [0.15, 0.2) is 0 Å². The number of rotatable bonds is 14. The molecule has 1 atom stereocenters. The standard InChI is InChI=1S/C35H37Cl2N3O4S/c1-3-4-20-38-35(42)33(22-27-11-6-5-7-12-27)39(24-28-13-8-10-26(2)21-28)34(41)25-40(31-15-9-14-30(37)23-31)45(43,44)32-18-16-29(36)17-19-32/h5-19,21,23,33H,3-4,20,22,24-25H2,1-2H3,(H,38,42). The Labute approximate surface area is 275 Å². The van der Waals surface area contributed by atoms with Crippen LogP contribution in [-0.4, -0.2) is 44.3 Å². The van der Waals surface area contributed by atoms with Gasteiger partial charge in [0, 0.05) is 29.6 Å². The minimum atomic E-state index is -4.25. The first kappa shape index (κ1) is 34.0. The van der Waals surface area contributed by atoms with Crippen molar-refractivity contribution in [3.05, 3.63) is 130 Å². The molecule has 0 bridgehead atoms. The van der Waals surface area contributed by atoms with Crippen LogP contribution in [0.2, 0.25) is 10.0 Å². The van der Waals surface area contributed by atoms with Crippen molar-refractivity contribution in [2.24, 2.45) is 0 Å². The Bertz CT molecular complexity index is 1700. The summed E-state index contributed by atoms with van der Waals surface area (Å²) in [4.78, 5) is 29.7. The largest absolute Gasteiger partial charge is 0.354 e. The number of amides is 2. The zero-order valence-corrected chi connectivity index (χ0v) is 27.7. The highest BCUT2D eigenvalue weighted by molar-refractivity contribution is 7.92. The van der Waals surface area contributed by atoms with Crippen LogP contribution in [0.25, 0.3) is 0 Å². The molecule has 4 rings (SSSR count). The van der Waals surface area contributed by atoms with Crippen molar-refractivity contribution in [1.82, 2.24) is 10.2 Å². The number of benzene rings is 4. The fraction of sp³-hybridized carbons (Fsp3) is 0.257. The Morgan fingerprint density at radius 2 is 1.51 bits per heavy atom. The van der Waals surface area contributed by atoms with Crippen LogP contribution in [0.1, 0.15) is 36.5 Å². The molecule has 7 nitrogen and oxygen atoms in total. The quantitative estimate of drug-likeness (QED) is 0.146. The predicted molar refractivity (Wildman–Crippen MR) is 181 cm³/mol. The lowest BCUT2D eigenvalue weighted by molar-refractivity contribution is -0.140. The smallest absolute Gasteiger partial charge is 0.264 e. The SMILES string of the molecule is CCCCNC(=O)C(Cc1ccccc1)N(Cc1cccc(C)c1)C(=O)CN(c1cccc(Cl)c1)S(=O)(=O)c1ccc(Cl)cc1. The first-order valence-electron chi connectivity index (χ1n) is 14.8. The van der Waals surface area contributed by atoms with Gasteiger partial charge < -0.3 is 10.2 Å². The van der Waals surface area contributed by atoms with Gasteiger partial charge in [-0.2, -0.15) is 0 Å². The summed E-state index contributed by atoms with van der Waals surface area (Å²) in [5.74, 6) is -0.844. The average Bonchev–Trinajstić information content (AvgIpc) is 3.02. The van der Waals surface area contributed by atoms with E-state index in [1.165, 1.54) is 35.2 Å². The normalized spacial score (nSPS) is 11.9. The monoisotopic (exact) mass is 665 g/mol. The average molecular weight is 667 g/mol. The number of hydrogen-bond acceptors (Lipinski definition) is 4. The van der Waals surface area contributed by atoms with E-state index in [0.717, 1.165) is 33.8 Å². The van der Waals surface area contributed by atoms with Crippen molar-refractivity contribution in [3.63, 3.8) is 0 Å². The second-order valence-electron chi connectivity index (χ2n) is 10.8. The number of nitrogens with zero attached hydrogens (tertiary/aromatic N) is 2. The summed E-state index contributed by atoms with van der Waals surface area (Å²) in [5.41, 5.74) is 2.90. The Balaban J connectivity index is 1.79. The zero-order chi connectivity index (χ0) is 32.4. The fourth-order valence-electron chi connectivity index (χ4n) is 4.96. The molecule has 0 heterocycles. The van der Waals surface area contributed by atoms with Gasteiger partial charge in [-0.1, -0.05) is 103 Å². The van der Waals surface area contributed by atoms with Gasteiger partial charge in [-0.25, -0.2) is 8.42 Å². The summed E-state index contributed by atoms with van der Waals surface area (Å²) in [6, 6.07) is 28.3. The molecule has 0 fully saturated rings. The van der Waals surface area contributed by atoms with E-state index in [1.54, 1.807) is 18.2 Å². The third-order valence-corrected chi connectivity index (χ3v) is 9.59. The predicted octanol–water partition coefficient (Wildman–Crippen LogP) is 7.05. The zero-order valence-electron chi connectivity index (χ0n) is 25.3. The maximum Gasteiger partial charge on any atom is 0.264 e. The lowest BCUT2D eigenvalue weighted by Gasteiger charge is -2.34. The van der Waals surface area contributed by atoms with Crippen LogP contribution in [-0.2, 0) is 32.6 Å². The van der Waals surface area contributed by atoms with E-state index in [1.807, 2.05) is 68.4 Å². The molecule has 0 aliphatic carbocycles. The van der Waals surface area contributed by atoms with E-state index in [9.17, 15) is 18.0 Å². The van der Waals surface area contributed by atoms with E-state index < -0.39 is 28.5 Å². The second-order valence-corrected chi connectivity index (χ2v) is 13.5. The molecule has 0 aliphatic heterocycles. The van der Waals surface area contributed by atoms with Crippen LogP contribution in [0.15, 0.2) is 108 Å². The number of hydrogen-bond donors (Lipinski definition) is 1. The van der Waals surface area contributed by atoms with Crippen molar-refractivity contribution in [1.29, 1.82) is 0 Å². The summed E-state index contributed by atoms with van der Waals surface area (Å²) < 4.78 is 29.2. The van der Waals surface area contributed by atoms with Crippen LogP contribution in [0.3, 0.4) is 0 Å². The summed E-state index contributed by atoms with van der Waals surface area (Å²) >= 11 is 12.3. The second kappa shape index (κ2) is 15.9.